The normalized spacial score (nSPS) is 33.1. The maximum absolute atomic E-state index is 14.8. The Morgan fingerprint density at radius 3 is 2.74 bits per heavy atom. The summed E-state index contributed by atoms with van der Waals surface area (Å²) in [5.74, 6) is -1.46. The average Bonchev–Trinajstić information content (AvgIpc) is 2.94. The lowest BCUT2D eigenvalue weighted by Crippen LogP contribution is -2.52. The summed E-state index contributed by atoms with van der Waals surface area (Å²) in [6.45, 7) is 4.07. The van der Waals surface area contributed by atoms with Crippen LogP contribution in [-0.4, -0.2) is 29.1 Å². The number of alkyl halides is 1. The highest BCUT2D eigenvalue weighted by Crippen LogP contribution is 2.54. The number of nitrogens with zero attached hydrogens (tertiary/aromatic N) is 3. The first-order valence-electron chi connectivity index (χ1n) is 8.46. The molecule has 0 bridgehead atoms. The quantitative estimate of drug-likeness (QED) is 0.641. The van der Waals surface area contributed by atoms with Gasteiger partial charge in [-0.15, -0.1) is 0 Å². The first-order valence-corrected chi connectivity index (χ1v) is 8.46. The fourth-order valence-electron chi connectivity index (χ4n) is 4.04. The van der Waals surface area contributed by atoms with Crippen LogP contribution in [0, 0.1) is 38.6 Å². The van der Waals surface area contributed by atoms with Crippen molar-refractivity contribution in [3.8, 4) is 6.07 Å². The van der Waals surface area contributed by atoms with Gasteiger partial charge in [-0.3, -0.25) is 15.1 Å². The molecule has 1 fully saturated rings. The number of nitrogens with two attached hydrogens (primary N) is 1. The summed E-state index contributed by atoms with van der Waals surface area (Å²) in [5.41, 5.74) is 1.26. The fourth-order valence-corrected chi connectivity index (χ4v) is 4.04. The molecule has 3 rings (SSSR count). The maximum atomic E-state index is 14.8. The average molecular weight is 378 g/mol. The van der Waals surface area contributed by atoms with Crippen molar-refractivity contribution in [2.75, 3.05) is 6.61 Å². The summed E-state index contributed by atoms with van der Waals surface area (Å²) < 4.78 is 35.2. The molecule has 1 saturated heterocycles. The van der Waals surface area contributed by atoms with E-state index >= 15 is 0 Å². The second-order valence-electron chi connectivity index (χ2n) is 7.89. The SMILES string of the molecule is CC(C)(F)[C@H]1OC[C@]2(c3cc([N+](=O)[O-])ccc3F)N=C(N)[C@](C)(C#N)C[C@H]12. The van der Waals surface area contributed by atoms with Crippen LogP contribution in [0.5, 0.6) is 0 Å². The summed E-state index contributed by atoms with van der Waals surface area (Å²) in [6, 6.07) is 5.21. The molecule has 1 aromatic carbocycles. The molecule has 0 aliphatic carbocycles. The molecule has 9 heteroatoms. The minimum atomic E-state index is -1.79. The molecule has 0 saturated carbocycles. The van der Waals surface area contributed by atoms with Crippen LogP contribution in [0.15, 0.2) is 23.2 Å². The number of halogens is 2. The van der Waals surface area contributed by atoms with Gasteiger partial charge in [-0.2, -0.15) is 5.26 Å². The Kier molecular flexibility index (Phi) is 4.23. The van der Waals surface area contributed by atoms with E-state index in [4.69, 9.17) is 10.5 Å². The van der Waals surface area contributed by atoms with Crippen LogP contribution in [0.3, 0.4) is 0 Å². The van der Waals surface area contributed by atoms with Crippen molar-refractivity contribution in [2.45, 2.75) is 44.5 Å². The number of hydrogen-bond acceptors (Lipinski definition) is 6. The Morgan fingerprint density at radius 1 is 1.52 bits per heavy atom. The zero-order valence-corrected chi connectivity index (χ0v) is 15.2. The van der Waals surface area contributed by atoms with Crippen LogP contribution in [0.2, 0.25) is 0 Å². The van der Waals surface area contributed by atoms with E-state index in [1.807, 2.05) is 0 Å². The summed E-state index contributed by atoms with van der Waals surface area (Å²) >= 11 is 0. The van der Waals surface area contributed by atoms with E-state index in [2.05, 4.69) is 11.1 Å². The lowest BCUT2D eigenvalue weighted by Gasteiger charge is -2.43. The van der Waals surface area contributed by atoms with E-state index in [-0.39, 0.29) is 30.1 Å². The largest absolute Gasteiger partial charge is 0.386 e. The summed E-state index contributed by atoms with van der Waals surface area (Å²) in [5, 5.41) is 20.7. The summed E-state index contributed by atoms with van der Waals surface area (Å²) in [7, 11) is 0. The number of non-ortho nitro benzene ring substituents is 1. The predicted molar refractivity (Wildman–Crippen MR) is 93.1 cm³/mol. The van der Waals surface area contributed by atoms with Crippen LogP contribution in [0.25, 0.3) is 0 Å². The number of fused-ring (bicyclic) bond motifs is 1. The highest BCUT2D eigenvalue weighted by molar-refractivity contribution is 5.90. The Bertz CT molecular complexity index is 876. The van der Waals surface area contributed by atoms with Crippen molar-refractivity contribution >= 4 is 11.5 Å². The van der Waals surface area contributed by atoms with Gasteiger partial charge in [0.05, 0.1) is 23.7 Å². The molecule has 1 aromatic rings. The van der Waals surface area contributed by atoms with E-state index in [0.717, 1.165) is 18.2 Å². The molecule has 2 aliphatic rings. The van der Waals surface area contributed by atoms with Crippen molar-refractivity contribution in [3.05, 3.63) is 39.7 Å². The molecule has 0 amide bonds. The minimum Gasteiger partial charge on any atom is -0.386 e. The Morgan fingerprint density at radius 2 is 2.19 bits per heavy atom. The van der Waals surface area contributed by atoms with Crippen LogP contribution in [-0.2, 0) is 10.3 Å². The number of ether oxygens (including phenoxy) is 1. The van der Waals surface area contributed by atoms with Crippen molar-refractivity contribution in [3.63, 3.8) is 0 Å². The number of nitro benzene ring substituents is 1. The minimum absolute atomic E-state index is 0.0203. The number of nitro groups is 1. The predicted octanol–water partition coefficient (Wildman–Crippen LogP) is 2.98. The molecule has 0 unspecified atom stereocenters. The number of amidine groups is 1. The van der Waals surface area contributed by atoms with Gasteiger partial charge < -0.3 is 10.5 Å². The molecule has 2 heterocycles. The van der Waals surface area contributed by atoms with Gasteiger partial charge in [-0.05, 0) is 33.3 Å². The molecule has 0 radical (unpaired) electrons. The van der Waals surface area contributed by atoms with Gasteiger partial charge in [0, 0.05) is 23.6 Å². The first-order chi connectivity index (χ1) is 12.4. The van der Waals surface area contributed by atoms with Crippen LogP contribution in [0.4, 0.5) is 14.5 Å². The highest BCUT2D eigenvalue weighted by Gasteiger charge is 2.61. The number of hydrogen-bond donors (Lipinski definition) is 1. The van der Waals surface area contributed by atoms with E-state index < -0.39 is 39.4 Å². The molecule has 2 aliphatic heterocycles. The van der Waals surface area contributed by atoms with Crippen molar-refractivity contribution in [1.29, 1.82) is 5.26 Å². The summed E-state index contributed by atoms with van der Waals surface area (Å²) in [6.07, 6.45) is -0.875. The third-order valence-corrected chi connectivity index (χ3v) is 5.53. The second-order valence-corrected chi connectivity index (χ2v) is 7.89. The molecule has 2 N–H and O–H groups in total. The van der Waals surface area contributed by atoms with Gasteiger partial charge in [-0.25, -0.2) is 8.78 Å². The van der Waals surface area contributed by atoms with Gasteiger partial charge in [-0.1, -0.05) is 0 Å². The Hall–Kier alpha value is -2.60. The van der Waals surface area contributed by atoms with Gasteiger partial charge in [0.15, 0.2) is 0 Å². The number of rotatable bonds is 3. The Labute approximate surface area is 155 Å². The molecule has 4 atom stereocenters. The topological polar surface area (TPSA) is 115 Å². The van der Waals surface area contributed by atoms with E-state index in [0.29, 0.717) is 0 Å². The molecule has 27 heavy (non-hydrogen) atoms. The van der Waals surface area contributed by atoms with Gasteiger partial charge in [0.2, 0.25) is 0 Å². The third-order valence-electron chi connectivity index (χ3n) is 5.53. The molecule has 0 spiro atoms. The standard InChI is InChI=1S/C18H20F2N4O3/c1-16(2,20)14-12-7-17(3,8-21)15(22)23-18(12,9-27-14)11-6-10(24(25)26)4-5-13(11)19/h4-6,12,14H,7,9H2,1-3H3,(H2,22,23)/t12-,14+,17+,18-/m1/s1. The molecule has 7 nitrogen and oxygen atoms in total. The zero-order chi connectivity index (χ0) is 20.2. The van der Waals surface area contributed by atoms with Crippen molar-refractivity contribution in [2.24, 2.45) is 22.1 Å². The zero-order valence-electron chi connectivity index (χ0n) is 15.2. The van der Waals surface area contributed by atoms with E-state index in [1.165, 1.54) is 13.8 Å². The number of aliphatic imine (C=N–C) groups is 1. The monoisotopic (exact) mass is 378 g/mol. The van der Waals surface area contributed by atoms with E-state index in [1.54, 1.807) is 6.92 Å². The van der Waals surface area contributed by atoms with Crippen LogP contribution < -0.4 is 5.73 Å². The molecular formula is C18H20F2N4O3. The fraction of sp³-hybridized carbons (Fsp3) is 0.556. The molecular weight excluding hydrogens is 358 g/mol. The van der Waals surface area contributed by atoms with Crippen molar-refractivity contribution in [1.82, 2.24) is 0 Å². The van der Waals surface area contributed by atoms with E-state index in [9.17, 15) is 24.2 Å². The van der Waals surface area contributed by atoms with Gasteiger partial charge >= 0.3 is 0 Å². The highest BCUT2D eigenvalue weighted by atomic mass is 19.1. The molecule has 144 valence electrons. The summed E-state index contributed by atoms with van der Waals surface area (Å²) in [4.78, 5) is 14.9. The maximum Gasteiger partial charge on any atom is 0.270 e. The van der Waals surface area contributed by atoms with Crippen LogP contribution >= 0.6 is 0 Å². The van der Waals surface area contributed by atoms with Crippen molar-refractivity contribution < 1.29 is 18.4 Å². The Balaban J connectivity index is 2.26. The first kappa shape index (κ1) is 19.2. The third kappa shape index (κ3) is 2.84. The second kappa shape index (κ2) is 5.96. The lowest BCUT2D eigenvalue weighted by molar-refractivity contribution is -0.385. The lowest BCUT2D eigenvalue weighted by atomic mass is 9.65. The van der Waals surface area contributed by atoms with Gasteiger partial charge in [0.25, 0.3) is 5.69 Å². The molecule has 0 aromatic heterocycles. The number of benzene rings is 1. The van der Waals surface area contributed by atoms with Gasteiger partial charge in [0.1, 0.15) is 28.3 Å². The van der Waals surface area contributed by atoms with Crippen LogP contribution in [0.1, 0.15) is 32.8 Å². The number of nitriles is 1. The smallest absolute Gasteiger partial charge is 0.270 e.